The van der Waals surface area contributed by atoms with Crippen LogP contribution < -0.4 is 10.6 Å². The first-order valence-electron chi connectivity index (χ1n) is 10.1. The van der Waals surface area contributed by atoms with E-state index >= 15 is 0 Å². The molecule has 2 heterocycles. The quantitative estimate of drug-likeness (QED) is 0.883. The minimum atomic E-state index is -0.000338. The molecule has 136 valence electrons. The highest BCUT2D eigenvalue weighted by Gasteiger charge is 2.51. The van der Waals surface area contributed by atoms with Gasteiger partial charge in [0.1, 0.15) is 0 Å². The second kappa shape index (κ2) is 5.79. The Labute approximate surface area is 149 Å². The van der Waals surface area contributed by atoms with Crippen LogP contribution in [-0.4, -0.2) is 39.5 Å². The van der Waals surface area contributed by atoms with Gasteiger partial charge in [0.2, 0.25) is 0 Å². The van der Waals surface area contributed by atoms with Crippen molar-refractivity contribution in [3.05, 3.63) is 11.4 Å². The lowest BCUT2D eigenvalue weighted by atomic mass is 9.53. The van der Waals surface area contributed by atoms with E-state index in [1.165, 1.54) is 38.5 Å². The van der Waals surface area contributed by atoms with Crippen LogP contribution in [0.5, 0.6) is 0 Å². The molecule has 0 radical (unpaired) electrons. The van der Waals surface area contributed by atoms with Crippen molar-refractivity contribution in [2.75, 3.05) is 13.1 Å². The molecule has 6 heteroatoms. The van der Waals surface area contributed by atoms with E-state index in [9.17, 15) is 4.79 Å². The molecule has 1 aliphatic heterocycles. The van der Waals surface area contributed by atoms with Gasteiger partial charge in [0.15, 0.2) is 5.69 Å². The zero-order valence-corrected chi connectivity index (χ0v) is 15.1. The molecule has 4 aliphatic carbocycles. The van der Waals surface area contributed by atoms with Crippen molar-refractivity contribution in [1.29, 1.82) is 0 Å². The first kappa shape index (κ1) is 15.8. The lowest BCUT2D eigenvalue weighted by Gasteiger charge is -2.56. The molecule has 4 saturated carbocycles. The largest absolute Gasteiger partial charge is 0.345 e. The van der Waals surface area contributed by atoms with Gasteiger partial charge in [-0.3, -0.25) is 4.79 Å². The molecule has 5 aliphatic rings. The number of hydrogen-bond acceptors (Lipinski definition) is 4. The average Bonchev–Trinajstić information content (AvgIpc) is 2.95. The normalized spacial score (nSPS) is 37.4. The predicted octanol–water partition coefficient (Wildman–Crippen LogP) is 2.21. The van der Waals surface area contributed by atoms with Crippen LogP contribution in [-0.2, 0) is 0 Å². The molecule has 25 heavy (non-hydrogen) atoms. The van der Waals surface area contributed by atoms with Gasteiger partial charge in [-0.2, -0.15) is 0 Å². The second-order valence-electron chi connectivity index (χ2n) is 9.10. The molecule has 1 aromatic heterocycles. The Morgan fingerprint density at radius 2 is 1.72 bits per heavy atom. The first-order valence-corrected chi connectivity index (χ1v) is 10.1. The Balaban J connectivity index is 1.34. The van der Waals surface area contributed by atoms with Gasteiger partial charge in [-0.1, -0.05) is 5.21 Å². The van der Waals surface area contributed by atoms with Crippen LogP contribution in [0.15, 0.2) is 0 Å². The van der Waals surface area contributed by atoms with E-state index in [1.54, 1.807) is 0 Å². The minimum Gasteiger partial charge on any atom is -0.345 e. The maximum Gasteiger partial charge on any atom is 0.274 e. The Hall–Kier alpha value is -1.43. The number of hydrogen-bond donors (Lipinski definition) is 2. The fourth-order valence-corrected chi connectivity index (χ4v) is 6.51. The van der Waals surface area contributed by atoms with Gasteiger partial charge in [-0.15, -0.1) is 5.10 Å². The van der Waals surface area contributed by atoms with E-state index in [4.69, 9.17) is 0 Å². The summed E-state index contributed by atoms with van der Waals surface area (Å²) in [6.07, 6.45) is 9.80. The molecule has 6 rings (SSSR count). The highest BCUT2D eigenvalue weighted by molar-refractivity contribution is 5.93. The summed E-state index contributed by atoms with van der Waals surface area (Å²) in [7, 11) is 0. The third-order valence-corrected chi connectivity index (χ3v) is 7.21. The summed E-state index contributed by atoms with van der Waals surface area (Å²) in [6.45, 7) is 4.02. The van der Waals surface area contributed by atoms with Gasteiger partial charge in [0.05, 0.1) is 11.7 Å². The van der Waals surface area contributed by atoms with Crippen LogP contribution in [0, 0.1) is 24.7 Å². The number of carbonyl (C=O) groups is 1. The molecular formula is C19H29N5O. The van der Waals surface area contributed by atoms with Crippen molar-refractivity contribution < 1.29 is 4.79 Å². The van der Waals surface area contributed by atoms with E-state index in [0.717, 1.165) is 49.4 Å². The third-order valence-electron chi connectivity index (χ3n) is 7.21. The van der Waals surface area contributed by atoms with Gasteiger partial charge in [0.25, 0.3) is 5.91 Å². The van der Waals surface area contributed by atoms with Gasteiger partial charge >= 0.3 is 0 Å². The molecule has 4 bridgehead atoms. The average molecular weight is 343 g/mol. The van der Waals surface area contributed by atoms with Crippen molar-refractivity contribution in [3.63, 3.8) is 0 Å². The number of rotatable bonds is 3. The van der Waals surface area contributed by atoms with Crippen LogP contribution in [0.4, 0.5) is 0 Å². The number of aromatic nitrogens is 3. The van der Waals surface area contributed by atoms with Crippen LogP contribution in [0.1, 0.15) is 73.6 Å². The molecule has 0 atom stereocenters. The standard InChI is InChI=1S/C19H29N5O/c1-12-17(22-23-24(12)16-2-4-20-5-3-16)18(25)21-19-9-13-6-14(10-19)8-15(7-13)11-19/h13-16,20H,2-11H2,1H3,(H,21,25). The third kappa shape index (κ3) is 2.69. The summed E-state index contributed by atoms with van der Waals surface area (Å²) in [5, 5.41) is 15.4. The lowest BCUT2D eigenvalue weighted by Crippen LogP contribution is -2.59. The van der Waals surface area contributed by atoms with E-state index in [-0.39, 0.29) is 11.4 Å². The van der Waals surface area contributed by atoms with Crippen molar-refractivity contribution in [3.8, 4) is 0 Å². The van der Waals surface area contributed by atoms with Crippen LogP contribution in [0.3, 0.4) is 0 Å². The van der Waals surface area contributed by atoms with E-state index in [0.29, 0.717) is 11.7 Å². The smallest absolute Gasteiger partial charge is 0.274 e. The molecule has 1 amide bonds. The number of nitrogens with one attached hydrogen (secondary N) is 2. The Kier molecular flexibility index (Phi) is 3.66. The van der Waals surface area contributed by atoms with E-state index < -0.39 is 0 Å². The SMILES string of the molecule is Cc1c(C(=O)NC23CC4CC(CC(C4)C2)C3)nnn1C1CCNCC1. The summed E-state index contributed by atoms with van der Waals surface area (Å²) in [6, 6.07) is 0.370. The van der Waals surface area contributed by atoms with Crippen LogP contribution in [0.25, 0.3) is 0 Å². The Morgan fingerprint density at radius 3 is 2.32 bits per heavy atom. The predicted molar refractivity (Wildman–Crippen MR) is 94.3 cm³/mol. The molecule has 6 nitrogen and oxygen atoms in total. The topological polar surface area (TPSA) is 71.8 Å². The zero-order chi connectivity index (χ0) is 17.0. The number of carbonyl (C=O) groups excluding carboxylic acids is 1. The van der Waals surface area contributed by atoms with E-state index in [2.05, 4.69) is 20.9 Å². The van der Waals surface area contributed by atoms with Gasteiger partial charge < -0.3 is 10.6 Å². The van der Waals surface area contributed by atoms with Crippen molar-refractivity contribution in [2.24, 2.45) is 17.8 Å². The van der Waals surface area contributed by atoms with Crippen LogP contribution >= 0.6 is 0 Å². The molecule has 0 unspecified atom stereocenters. The molecule has 2 N–H and O–H groups in total. The molecule has 0 spiro atoms. The van der Waals surface area contributed by atoms with Crippen LogP contribution in [0.2, 0.25) is 0 Å². The monoisotopic (exact) mass is 343 g/mol. The molecule has 1 saturated heterocycles. The molecule has 1 aromatic rings. The fourth-order valence-electron chi connectivity index (χ4n) is 6.51. The first-order chi connectivity index (χ1) is 12.1. The molecular weight excluding hydrogens is 314 g/mol. The van der Waals surface area contributed by atoms with Crippen molar-refractivity contribution in [2.45, 2.75) is 69.9 Å². The summed E-state index contributed by atoms with van der Waals surface area (Å²) < 4.78 is 1.98. The zero-order valence-electron chi connectivity index (χ0n) is 15.1. The highest BCUT2D eigenvalue weighted by Crippen LogP contribution is 2.55. The minimum absolute atomic E-state index is 0.000338. The summed E-state index contributed by atoms with van der Waals surface area (Å²) in [5.41, 5.74) is 1.50. The number of nitrogens with zero attached hydrogens (tertiary/aromatic N) is 3. The maximum atomic E-state index is 13.0. The summed E-state index contributed by atoms with van der Waals surface area (Å²) >= 11 is 0. The fraction of sp³-hybridized carbons (Fsp3) is 0.842. The van der Waals surface area contributed by atoms with Gasteiger partial charge in [-0.25, -0.2) is 4.68 Å². The molecule has 0 aromatic carbocycles. The number of piperidine rings is 1. The van der Waals surface area contributed by atoms with Crippen molar-refractivity contribution >= 4 is 5.91 Å². The Morgan fingerprint density at radius 1 is 1.12 bits per heavy atom. The highest BCUT2D eigenvalue weighted by atomic mass is 16.2. The Bertz CT molecular complexity index is 640. The summed E-state index contributed by atoms with van der Waals surface area (Å²) in [5.74, 6) is 2.49. The van der Waals surface area contributed by atoms with Gasteiger partial charge in [0, 0.05) is 5.54 Å². The maximum absolute atomic E-state index is 13.0. The van der Waals surface area contributed by atoms with E-state index in [1.807, 2.05) is 11.6 Å². The second-order valence-corrected chi connectivity index (χ2v) is 9.10. The number of amides is 1. The summed E-state index contributed by atoms with van der Waals surface area (Å²) in [4.78, 5) is 13.0. The lowest BCUT2D eigenvalue weighted by molar-refractivity contribution is -0.0168. The van der Waals surface area contributed by atoms with Crippen molar-refractivity contribution in [1.82, 2.24) is 25.6 Å². The molecule has 5 fully saturated rings. The van der Waals surface area contributed by atoms with Gasteiger partial charge in [-0.05, 0) is 89.1 Å².